The first-order valence-corrected chi connectivity index (χ1v) is 10.7. The minimum Gasteiger partial charge on any atom is -0.484 e. The number of hydrogen-bond acceptors (Lipinski definition) is 7. The Morgan fingerprint density at radius 3 is 2.62 bits per heavy atom. The number of esters is 1. The first kappa shape index (κ1) is 23.5. The number of nitrogens with one attached hydrogen (secondary N) is 1. The summed E-state index contributed by atoms with van der Waals surface area (Å²) in [7, 11) is 0. The quantitative estimate of drug-likeness (QED) is 0.331. The van der Waals surface area contributed by atoms with Gasteiger partial charge in [-0.3, -0.25) is 9.59 Å². The lowest BCUT2D eigenvalue weighted by Crippen LogP contribution is -2.14. The molecule has 168 valence electrons. The van der Waals surface area contributed by atoms with Gasteiger partial charge in [-0.1, -0.05) is 11.6 Å². The minimum atomic E-state index is -0.631. The smallest absolute Gasteiger partial charge is 0.341 e. The van der Waals surface area contributed by atoms with Gasteiger partial charge in [0.05, 0.1) is 22.1 Å². The molecule has 32 heavy (non-hydrogen) atoms. The topological polar surface area (TPSA) is 94.8 Å². The van der Waals surface area contributed by atoms with Gasteiger partial charge < -0.3 is 19.2 Å². The molecule has 3 aromatic rings. The SMILES string of the molecule is CCOC(=O)c1c(NC(=O)c2ccc(COc3ccc(F)cc3Cl)o2)sc(C(C)=O)c1C. The number of hydrogen-bond donors (Lipinski definition) is 1. The van der Waals surface area contributed by atoms with Crippen molar-refractivity contribution in [2.45, 2.75) is 27.4 Å². The van der Waals surface area contributed by atoms with Crippen molar-refractivity contribution in [1.29, 1.82) is 0 Å². The van der Waals surface area contributed by atoms with Crippen molar-refractivity contribution >= 4 is 45.6 Å². The maximum Gasteiger partial charge on any atom is 0.341 e. The molecule has 0 fully saturated rings. The standard InChI is InChI=1S/C22H19ClFNO6S/c1-4-29-22(28)18-11(2)19(12(3)26)32-21(18)25-20(27)17-8-6-14(31-17)10-30-16-7-5-13(24)9-15(16)23/h5-9H,4,10H2,1-3H3,(H,25,27). The largest absolute Gasteiger partial charge is 0.484 e. The zero-order valence-corrected chi connectivity index (χ0v) is 19.0. The molecule has 0 bridgehead atoms. The average molecular weight is 480 g/mol. The number of halogens is 2. The Balaban J connectivity index is 1.75. The maximum absolute atomic E-state index is 13.1. The lowest BCUT2D eigenvalue weighted by atomic mass is 10.1. The Labute approximate surface area is 192 Å². The summed E-state index contributed by atoms with van der Waals surface area (Å²) in [5.74, 6) is -1.40. The number of rotatable bonds is 8. The number of anilines is 1. The fourth-order valence-electron chi connectivity index (χ4n) is 2.87. The molecule has 2 heterocycles. The van der Waals surface area contributed by atoms with E-state index in [0.717, 1.165) is 17.4 Å². The average Bonchev–Trinajstić information content (AvgIpc) is 3.32. The molecule has 0 saturated heterocycles. The Morgan fingerprint density at radius 2 is 1.97 bits per heavy atom. The summed E-state index contributed by atoms with van der Waals surface area (Å²) in [4.78, 5) is 37.3. The molecule has 0 aliphatic rings. The predicted octanol–water partition coefficient (Wildman–Crippen LogP) is 5.65. The van der Waals surface area contributed by atoms with Gasteiger partial charge in [-0.05, 0) is 56.7 Å². The van der Waals surface area contributed by atoms with Gasteiger partial charge >= 0.3 is 5.97 Å². The molecular weight excluding hydrogens is 461 g/mol. The van der Waals surface area contributed by atoms with E-state index in [1.165, 1.54) is 25.1 Å². The van der Waals surface area contributed by atoms with Crippen LogP contribution < -0.4 is 10.1 Å². The van der Waals surface area contributed by atoms with E-state index in [1.807, 2.05) is 0 Å². The van der Waals surface area contributed by atoms with Crippen LogP contribution in [0.1, 0.15) is 55.8 Å². The molecule has 10 heteroatoms. The molecule has 0 unspecified atom stereocenters. The van der Waals surface area contributed by atoms with Crippen molar-refractivity contribution in [2.75, 3.05) is 11.9 Å². The number of Topliss-reactive ketones (excluding diaryl/α,β-unsaturated/α-hetero) is 1. The van der Waals surface area contributed by atoms with Crippen LogP contribution >= 0.6 is 22.9 Å². The molecule has 0 radical (unpaired) electrons. The second-order valence-electron chi connectivity index (χ2n) is 6.62. The monoisotopic (exact) mass is 479 g/mol. The molecule has 7 nitrogen and oxygen atoms in total. The second-order valence-corrected chi connectivity index (χ2v) is 8.05. The summed E-state index contributed by atoms with van der Waals surface area (Å²) in [5.41, 5.74) is 0.581. The van der Waals surface area contributed by atoms with Crippen LogP contribution in [0.25, 0.3) is 0 Å². The fourth-order valence-corrected chi connectivity index (χ4v) is 4.18. The van der Waals surface area contributed by atoms with Crippen LogP contribution in [0.3, 0.4) is 0 Å². The van der Waals surface area contributed by atoms with E-state index in [4.69, 9.17) is 25.5 Å². The molecule has 3 rings (SSSR count). The first-order valence-electron chi connectivity index (χ1n) is 9.50. The van der Waals surface area contributed by atoms with E-state index in [2.05, 4.69) is 5.32 Å². The van der Waals surface area contributed by atoms with Gasteiger partial charge in [0.15, 0.2) is 11.5 Å². The van der Waals surface area contributed by atoms with Crippen LogP contribution in [-0.2, 0) is 11.3 Å². The molecule has 0 aliphatic heterocycles. The molecule has 0 atom stereocenters. The number of benzene rings is 1. The molecular formula is C22H19ClFNO6S. The third-order valence-electron chi connectivity index (χ3n) is 4.32. The van der Waals surface area contributed by atoms with E-state index in [-0.39, 0.29) is 46.1 Å². The summed E-state index contributed by atoms with van der Waals surface area (Å²) in [6.45, 7) is 4.77. The van der Waals surface area contributed by atoms with Crippen LogP contribution in [-0.4, -0.2) is 24.3 Å². The minimum absolute atomic E-state index is 0.0287. The van der Waals surface area contributed by atoms with Crippen molar-refractivity contribution < 1.29 is 32.7 Å². The highest BCUT2D eigenvalue weighted by Crippen LogP contribution is 2.34. The number of furan rings is 1. The van der Waals surface area contributed by atoms with Gasteiger partial charge in [0, 0.05) is 0 Å². The van der Waals surface area contributed by atoms with Gasteiger partial charge in [0.2, 0.25) is 0 Å². The highest BCUT2D eigenvalue weighted by atomic mass is 35.5. The van der Waals surface area contributed by atoms with Gasteiger partial charge in [-0.15, -0.1) is 11.3 Å². The molecule has 1 N–H and O–H groups in total. The second kappa shape index (κ2) is 9.97. The highest BCUT2D eigenvalue weighted by molar-refractivity contribution is 7.18. The zero-order chi connectivity index (χ0) is 23.4. The van der Waals surface area contributed by atoms with E-state index < -0.39 is 17.7 Å². The Bertz CT molecular complexity index is 1190. The maximum atomic E-state index is 13.1. The first-order chi connectivity index (χ1) is 15.2. The van der Waals surface area contributed by atoms with E-state index in [9.17, 15) is 18.8 Å². The Kier molecular flexibility index (Phi) is 7.32. The van der Waals surface area contributed by atoms with Gasteiger partial charge in [0.25, 0.3) is 5.91 Å². The Hall–Kier alpha value is -3.17. The molecule has 1 amide bonds. The van der Waals surface area contributed by atoms with Crippen molar-refractivity contribution in [1.82, 2.24) is 0 Å². The molecule has 0 spiro atoms. The molecule has 2 aromatic heterocycles. The summed E-state index contributed by atoms with van der Waals surface area (Å²) in [6, 6.07) is 6.70. The molecule has 0 saturated carbocycles. The van der Waals surface area contributed by atoms with Crippen LogP contribution in [0, 0.1) is 12.7 Å². The van der Waals surface area contributed by atoms with E-state index in [1.54, 1.807) is 19.9 Å². The van der Waals surface area contributed by atoms with Gasteiger partial charge in [-0.25, -0.2) is 9.18 Å². The van der Waals surface area contributed by atoms with Crippen molar-refractivity contribution in [3.8, 4) is 5.75 Å². The van der Waals surface area contributed by atoms with Crippen LogP contribution in [0.2, 0.25) is 5.02 Å². The number of thiophene rings is 1. The van der Waals surface area contributed by atoms with E-state index >= 15 is 0 Å². The van der Waals surface area contributed by atoms with Crippen molar-refractivity contribution in [2.24, 2.45) is 0 Å². The van der Waals surface area contributed by atoms with Gasteiger partial charge in [0.1, 0.15) is 28.9 Å². The van der Waals surface area contributed by atoms with Crippen molar-refractivity contribution in [3.05, 3.63) is 68.7 Å². The molecule has 1 aromatic carbocycles. The van der Waals surface area contributed by atoms with Crippen LogP contribution in [0.5, 0.6) is 5.75 Å². The summed E-state index contributed by atoms with van der Waals surface area (Å²) in [5, 5.41) is 2.92. The van der Waals surface area contributed by atoms with Crippen molar-refractivity contribution in [3.63, 3.8) is 0 Å². The lowest BCUT2D eigenvalue weighted by molar-refractivity contribution is 0.0527. The third kappa shape index (κ3) is 5.17. The Morgan fingerprint density at radius 1 is 1.22 bits per heavy atom. The molecule has 0 aliphatic carbocycles. The number of carbonyl (C=O) groups excluding carboxylic acids is 3. The number of amides is 1. The normalized spacial score (nSPS) is 10.7. The van der Waals surface area contributed by atoms with E-state index in [0.29, 0.717) is 16.2 Å². The summed E-state index contributed by atoms with van der Waals surface area (Å²) < 4.78 is 29.2. The number of ether oxygens (including phenoxy) is 2. The zero-order valence-electron chi connectivity index (χ0n) is 17.4. The summed E-state index contributed by atoms with van der Waals surface area (Å²) in [6.07, 6.45) is 0. The van der Waals surface area contributed by atoms with Crippen LogP contribution in [0.15, 0.2) is 34.7 Å². The predicted molar refractivity (Wildman–Crippen MR) is 117 cm³/mol. The summed E-state index contributed by atoms with van der Waals surface area (Å²) >= 11 is 6.92. The van der Waals surface area contributed by atoms with Gasteiger partial charge in [-0.2, -0.15) is 0 Å². The third-order valence-corrected chi connectivity index (χ3v) is 5.93. The number of ketones is 1. The fraction of sp³-hybridized carbons (Fsp3) is 0.227. The number of carbonyl (C=O) groups is 3. The van der Waals surface area contributed by atoms with Crippen LogP contribution in [0.4, 0.5) is 9.39 Å². The lowest BCUT2D eigenvalue weighted by Gasteiger charge is -2.07. The highest BCUT2D eigenvalue weighted by Gasteiger charge is 2.26.